The summed E-state index contributed by atoms with van der Waals surface area (Å²) in [6, 6.07) is 21.0. The molecule has 0 radical (unpaired) electrons. The molecule has 0 bridgehead atoms. The molecule has 33 heavy (non-hydrogen) atoms. The van der Waals surface area contributed by atoms with E-state index in [1.807, 2.05) is 32.9 Å². The Hall–Kier alpha value is -2.15. The first-order chi connectivity index (χ1) is 15.5. The van der Waals surface area contributed by atoms with Crippen LogP contribution >= 0.6 is 0 Å². The Morgan fingerprint density at radius 3 is 2.00 bits per heavy atom. The molecular formula is C27H39NO4Si. The van der Waals surface area contributed by atoms with Gasteiger partial charge in [-0.1, -0.05) is 81.4 Å². The zero-order valence-corrected chi connectivity index (χ0v) is 21.9. The van der Waals surface area contributed by atoms with Crippen molar-refractivity contribution in [2.24, 2.45) is 0 Å². The van der Waals surface area contributed by atoms with Crippen LogP contribution < -0.4 is 15.7 Å². The minimum atomic E-state index is -2.66. The molecule has 0 saturated carbocycles. The van der Waals surface area contributed by atoms with Gasteiger partial charge in [-0.3, -0.25) is 0 Å². The van der Waals surface area contributed by atoms with Crippen molar-refractivity contribution in [3.8, 4) is 0 Å². The number of alkyl carbamates (subject to hydrolysis) is 1. The second-order valence-corrected chi connectivity index (χ2v) is 15.1. The Kier molecular flexibility index (Phi) is 8.03. The van der Waals surface area contributed by atoms with E-state index in [-0.39, 0.29) is 17.2 Å². The summed E-state index contributed by atoms with van der Waals surface area (Å²) in [5, 5.41) is 5.38. The van der Waals surface area contributed by atoms with E-state index in [0.29, 0.717) is 13.2 Å². The van der Waals surface area contributed by atoms with E-state index in [1.165, 1.54) is 10.4 Å². The number of hydrogen-bond donors (Lipinski definition) is 1. The van der Waals surface area contributed by atoms with Crippen LogP contribution in [0.1, 0.15) is 54.4 Å². The highest BCUT2D eigenvalue weighted by molar-refractivity contribution is 6.99. The summed E-state index contributed by atoms with van der Waals surface area (Å²) in [7, 11) is -2.66. The third-order valence-corrected chi connectivity index (χ3v) is 11.0. The molecule has 5 nitrogen and oxygen atoms in total. The fourth-order valence-corrected chi connectivity index (χ4v) is 9.17. The van der Waals surface area contributed by atoms with Gasteiger partial charge in [0.15, 0.2) is 0 Å². The normalized spacial score (nSPS) is 19.7. The maximum atomic E-state index is 12.5. The van der Waals surface area contributed by atoms with Gasteiger partial charge in [0, 0.05) is 6.61 Å². The largest absolute Gasteiger partial charge is 0.444 e. The molecule has 1 aliphatic rings. The van der Waals surface area contributed by atoms with Crippen LogP contribution in [0.3, 0.4) is 0 Å². The number of ether oxygens (including phenoxy) is 2. The molecule has 0 aromatic heterocycles. The Balaban J connectivity index is 1.89. The molecule has 2 atom stereocenters. The fraction of sp³-hybridized carbons (Fsp3) is 0.519. The van der Waals surface area contributed by atoms with Crippen LogP contribution in [0.4, 0.5) is 4.79 Å². The molecule has 2 aromatic rings. The van der Waals surface area contributed by atoms with Gasteiger partial charge in [-0.2, -0.15) is 0 Å². The van der Waals surface area contributed by atoms with Crippen molar-refractivity contribution in [3.05, 3.63) is 60.7 Å². The van der Waals surface area contributed by atoms with Crippen molar-refractivity contribution in [3.63, 3.8) is 0 Å². The highest BCUT2D eigenvalue weighted by Crippen LogP contribution is 2.37. The van der Waals surface area contributed by atoms with Gasteiger partial charge in [0.1, 0.15) is 5.60 Å². The summed E-state index contributed by atoms with van der Waals surface area (Å²) in [4.78, 5) is 12.5. The van der Waals surface area contributed by atoms with Gasteiger partial charge < -0.3 is 19.2 Å². The summed E-state index contributed by atoms with van der Waals surface area (Å²) in [5.41, 5.74) is -0.541. The van der Waals surface area contributed by atoms with E-state index in [0.717, 1.165) is 12.8 Å². The second-order valence-electron chi connectivity index (χ2n) is 10.8. The maximum Gasteiger partial charge on any atom is 0.407 e. The van der Waals surface area contributed by atoms with E-state index in [4.69, 9.17) is 13.9 Å². The minimum Gasteiger partial charge on any atom is -0.444 e. The Labute approximate surface area is 200 Å². The summed E-state index contributed by atoms with van der Waals surface area (Å²) in [5.74, 6) is 0. The third kappa shape index (κ3) is 6.25. The lowest BCUT2D eigenvalue weighted by atomic mass is 10.0. The van der Waals surface area contributed by atoms with E-state index in [2.05, 4.69) is 74.6 Å². The van der Waals surface area contributed by atoms with Crippen molar-refractivity contribution in [2.45, 2.75) is 77.2 Å². The molecule has 180 valence electrons. The zero-order valence-electron chi connectivity index (χ0n) is 20.9. The Morgan fingerprint density at radius 1 is 0.970 bits per heavy atom. The topological polar surface area (TPSA) is 56.8 Å². The number of carbonyl (C=O) groups excluding carboxylic acids is 1. The molecular weight excluding hydrogens is 430 g/mol. The van der Waals surface area contributed by atoms with E-state index in [1.54, 1.807) is 0 Å². The van der Waals surface area contributed by atoms with E-state index >= 15 is 0 Å². The van der Waals surface area contributed by atoms with Crippen LogP contribution in [0.25, 0.3) is 0 Å². The average molecular weight is 470 g/mol. The van der Waals surface area contributed by atoms with Crippen molar-refractivity contribution in [1.29, 1.82) is 0 Å². The molecule has 3 rings (SSSR count). The fourth-order valence-electron chi connectivity index (χ4n) is 4.60. The number of rotatable bonds is 6. The van der Waals surface area contributed by atoms with Crippen molar-refractivity contribution >= 4 is 24.8 Å². The number of hydrogen-bond acceptors (Lipinski definition) is 4. The molecule has 1 amide bonds. The molecule has 0 unspecified atom stereocenters. The predicted molar refractivity (Wildman–Crippen MR) is 136 cm³/mol. The summed E-state index contributed by atoms with van der Waals surface area (Å²) in [6.45, 7) is 13.5. The molecule has 0 aliphatic carbocycles. The van der Waals surface area contributed by atoms with Crippen LogP contribution in [-0.2, 0) is 13.9 Å². The van der Waals surface area contributed by atoms with Gasteiger partial charge in [0.25, 0.3) is 8.32 Å². The minimum absolute atomic E-state index is 0.113. The summed E-state index contributed by atoms with van der Waals surface area (Å²) in [6.07, 6.45) is 1.10. The monoisotopic (exact) mass is 469 g/mol. The Bertz CT molecular complexity index is 850. The van der Waals surface area contributed by atoms with Gasteiger partial charge in [-0.15, -0.1) is 0 Å². The lowest BCUT2D eigenvalue weighted by Gasteiger charge is -2.44. The van der Waals surface area contributed by atoms with Gasteiger partial charge in [0.2, 0.25) is 0 Å². The molecule has 6 heteroatoms. The summed E-state index contributed by atoms with van der Waals surface area (Å²) < 4.78 is 18.7. The van der Waals surface area contributed by atoms with Crippen LogP contribution in [0, 0.1) is 0 Å². The molecule has 1 saturated heterocycles. The van der Waals surface area contributed by atoms with Crippen LogP contribution in [0.2, 0.25) is 5.04 Å². The van der Waals surface area contributed by atoms with Crippen LogP contribution in [-0.4, -0.2) is 45.4 Å². The second kappa shape index (κ2) is 10.4. The molecule has 0 spiro atoms. The van der Waals surface area contributed by atoms with Crippen molar-refractivity contribution in [1.82, 2.24) is 5.32 Å². The number of carbonyl (C=O) groups is 1. The van der Waals surface area contributed by atoms with Gasteiger partial charge in [0.05, 0.1) is 18.8 Å². The Morgan fingerprint density at radius 2 is 1.52 bits per heavy atom. The van der Waals surface area contributed by atoms with Crippen LogP contribution in [0.5, 0.6) is 0 Å². The van der Waals surface area contributed by atoms with Gasteiger partial charge >= 0.3 is 6.09 Å². The molecule has 1 N–H and O–H groups in total. The highest BCUT2D eigenvalue weighted by atomic mass is 28.4. The standard InChI is InChI=1S/C27H39NO4Si/c1-26(2,3)32-25(29)28-23-18-13-19-30-24(23)20-31-33(27(4,5)6,21-14-9-7-10-15-21)22-16-11-8-12-17-22/h7-12,14-17,23-24H,13,18-20H2,1-6H3,(H,28,29)/t23-,24+/m0/s1. The van der Waals surface area contributed by atoms with E-state index < -0.39 is 20.0 Å². The van der Waals surface area contributed by atoms with Crippen LogP contribution in [0.15, 0.2) is 60.7 Å². The highest BCUT2D eigenvalue weighted by Gasteiger charge is 2.50. The van der Waals surface area contributed by atoms with E-state index in [9.17, 15) is 4.79 Å². The number of nitrogens with one attached hydrogen (secondary N) is 1. The van der Waals surface area contributed by atoms with Crippen molar-refractivity contribution in [2.75, 3.05) is 13.2 Å². The smallest absolute Gasteiger partial charge is 0.407 e. The number of amides is 1. The first-order valence-corrected chi connectivity index (χ1v) is 13.8. The average Bonchev–Trinajstić information content (AvgIpc) is 2.74. The lowest BCUT2D eigenvalue weighted by molar-refractivity contribution is -0.0378. The molecule has 1 aliphatic heterocycles. The van der Waals surface area contributed by atoms with Gasteiger partial charge in [-0.05, 0) is 49.0 Å². The lowest BCUT2D eigenvalue weighted by Crippen LogP contribution is -2.67. The third-order valence-electron chi connectivity index (χ3n) is 6.02. The van der Waals surface area contributed by atoms with Crippen molar-refractivity contribution < 1.29 is 18.7 Å². The SMILES string of the molecule is CC(C)(C)OC(=O)N[C@H]1CCCO[C@@H]1CO[Si](c1ccccc1)(c1ccccc1)C(C)(C)C. The predicted octanol–water partition coefficient (Wildman–Crippen LogP) is 4.64. The maximum absolute atomic E-state index is 12.5. The first kappa shape index (κ1) is 25.5. The van der Waals surface area contributed by atoms with Gasteiger partial charge in [-0.25, -0.2) is 4.79 Å². The summed E-state index contributed by atoms with van der Waals surface area (Å²) >= 11 is 0. The zero-order chi connectivity index (χ0) is 24.1. The number of benzene rings is 2. The molecule has 1 fully saturated rings. The first-order valence-electron chi connectivity index (χ1n) is 11.9. The molecule has 1 heterocycles. The quantitative estimate of drug-likeness (QED) is 0.627. The molecule has 2 aromatic carbocycles.